The van der Waals surface area contributed by atoms with Gasteiger partial charge in [0.15, 0.2) is 0 Å². The van der Waals surface area contributed by atoms with Crippen LogP contribution in [0.3, 0.4) is 0 Å². The number of amides is 1. The van der Waals surface area contributed by atoms with Gasteiger partial charge in [-0.2, -0.15) is 0 Å². The quantitative estimate of drug-likeness (QED) is 0.334. The summed E-state index contributed by atoms with van der Waals surface area (Å²) in [5.41, 5.74) is 5.41. The lowest BCUT2D eigenvalue weighted by Crippen LogP contribution is -2.51. The minimum Gasteiger partial charge on any atom is -0.486 e. The molecule has 11 heteroatoms. The average molecular weight is 596 g/mol. The van der Waals surface area contributed by atoms with Gasteiger partial charge >= 0.3 is 0 Å². The fourth-order valence-corrected chi connectivity index (χ4v) is 6.77. The summed E-state index contributed by atoms with van der Waals surface area (Å²) >= 11 is 0. The number of aromatic nitrogens is 4. The van der Waals surface area contributed by atoms with Crippen LogP contribution >= 0.6 is 0 Å². The second-order valence-electron chi connectivity index (χ2n) is 13.0. The Morgan fingerprint density at radius 3 is 2.61 bits per heavy atom. The molecule has 6 heterocycles. The predicted molar refractivity (Wildman–Crippen MR) is 168 cm³/mol. The first-order valence-corrected chi connectivity index (χ1v) is 15.0. The second-order valence-corrected chi connectivity index (χ2v) is 13.0. The normalized spacial score (nSPS) is 17.8. The Morgan fingerprint density at radius 2 is 1.89 bits per heavy atom. The highest BCUT2D eigenvalue weighted by Crippen LogP contribution is 2.40. The third-order valence-electron chi connectivity index (χ3n) is 8.90. The van der Waals surface area contributed by atoms with Crippen LogP contribution in [0.1, 0.15) is 41.2 Å². The minimum atomic E-state index is -0.320. The molecule has 0 radical (unpaired) electrons. The zero-order chi connectivity index (χ0) is 30.7. The number of aliphatic hydroxyl groups excluding tert-OH is 1. The van der Waals surface area contributed by atoms with Gasteiger partial charge in [0.1, 0.15) is 34.9 Å². The van der Waals surface area contributed by atoms with Crippen molar-refractivity contribution in [2.75, 3.05) is 36.9 Å². The highest BCUT2D eigenvalue weighted by Gasteiger charge is 2.37. The van der Waals surface area contributed by atoms with Gasteiger partial charge in [-0.1, -0.05) is 13.8 Å². The van der Waals surface area contributed by atoms with Crippen LogP contribution < -0.4 is 20.5 Å². The topological polar surface area (TPSA) is 118 Å². The zero-order valence-corrected chi connectivity index (χ0v) is 25.5. The summed E-state index contributed by atoms with van der Waals surface area (Å²) < 4.78 is 9.58. The van der Waals surface area contributed by atoms with Crippen LogP contribution in [0, 0.1) is 5.41 Å². The fourth-order valence-electron chi connectivity index (χ4n) is 6.77. The first kappa shape index (κ1) is 28.3. The number of nitrogens with zero attached hydrogens (tertiary/aromatic N) is 6. The first-order chi connectivity index (χ1) is 21.1. The van der Waals surface area contributed by atoms with Gasteiger partial charge in [-0.05, 0) is 66.8 Å². The molecule has 11 nitrogen and oxygen atoms in total. The molecule has 2 aliphatic heterocycles. The van der Waals surface area contributed by atoms with Crippen molar-refractivity contribution in [2.45, 2.75) is 45.9 Å². The van der Waals surface area contributed by atoms with Crippen molar-refractivity contribution in [2.24, 2.45) is 12.5 Å². The average Bonchev–Trinajstić information content (AvgIpc) is 3.47. The summed E-state index contributed by atoms with van der Waals surface area (Å²) in [5, 5.41) is 13.7. The molecule has 4 aromatic heterocycles. The van der Waals surface area contributed by atoms with Gasteiger partial charge in [0.25, 0.3) is 11.5 Å². The van der Waals surface area contributed by atoms with E-state index in [1.165, 1.54) is 15.8 Å². The fraction of sp³-hybridized carbons (Fsp3) is 0.394. The van der Waals surface area contributed by atoms with Gasteiger partial charge in [0, 0.05) is 62.4 Å². The van der Waals surface area contributed by atoms with Crippen LogP contribution in [0.25, 0.3) is 11.1 Å². The summed E-state index contributed by atoms with van der Waals surface area (Å²) in [4.78, 5) is 39.7. The first-order valence-electron chi connectivity index (χ1n) is 15.0. The SMILES string of the molecule is CN1CC(Oc2ccc(Nc3cc(-c4ccnc(N5CCn6c(cc7c6CC(C)(C)C7)C5=O)c4CO)cn(C)c3=O)nc2)C1. The van der Waals surface area contributed by atoms with Crippen molar-refractivity contribution in [1.82, 2.24) is 24.0 Å². The zero-order valence-electron chi connectivity index (χ0n) is 25.5. The monoisotopic (exact) mass is 595 g/mol. The number of anilines is 3. The van der Waals surface area contributed by atoms with E-state index in [1.807, 2.05) is 19.2 Å². The largest absolute Gasteiger partial charge is 0.486 e. The third kappa shape index (κ3) is 4.95. The Labute approximate surface area is 255 Å². The number of carbonyl (C=O) groups is 1. The second kappa shape index (κ2) is 10.6. The van der Waals surface area contributed by atoms with Crippen LogP contribution in [0.2, 0.25) is 0 Å². The summed E-state index contributed by atoms with van der Waals surface area (Å²) in [6.07, 6.45) is 7.09. The summed E-state index contributed by atoms with van der Waals surface area (Å²) in [5.74, 6) is 1.50. The molecular formula is C33H37N7O4. The maximum absolute atomic E-state index is 13.8. The number of rotatable bonds is 7. The summed E-state index contributed by atoms with van der Waals surface area (Å²) in [6, 6.07) is 9.19. The van der Waals surface area contributed by atoms with Crippen LogP contribution in [-0.4, -0.2) is 67.8 Å². The maximum Gasteiger partial charge on any atom is 0.276 e. The van der Waals surface area contributed by atoms with E-state index in [4.69, 9.17) is 4.74 Å². The van der Waals surface area contributed by atoms with Gasteiger partial charge in [-0.15, -0.1) is 0 Å². The lowest BCUT2D eigenvalue weighted by molar-refractivity contribution is 0.0386. The molecule has 1 amide bonds. The van der Waals surface area contributed by atoms with Crippen LogP contribution in [-0.2, 0) is 33.0 Å². The molecule has 7 rings (SSSR count). The third-order valence-corrected chi connectivity index (χ3v) is 8.90. The molecule has 44 heavy (non-hydrogen) atoms. The van der Waals surface area contributed by atoms with E-state index in [-0.39, 0.29) is 29.6 Å². The van der Waals surface area contributed by atoms with Crippen molar-refractivity contribution >= 4 is 23.2 Å². The molecule has 228 valence electrons. The number of likely N-dealkylation sites (N-methyl/N-ethyl adjacent to an activating group) is 1. The van der Waals surface area contributed by atoms with Crippen LogP contribution in [0.15, 0.2) is 53.7 Å². The van der Waals surface area contributed by atoms with E-state index in [9.17, 15) is 14.7 Å². The molecule has 1 fully saturated rings. The number of pyridine rings is 3. The Bertz CT molecular complexity index is 1820. The molecule has 0 unspecified atom stereocenters. The highest BCUT2D eigenvalue weighted by molar-refractivity contribution is 6.06. The molecule has 3 aliphatic rings. The Morgan fingerprint density at radius 1 is 1.07 bits per heavy atom. The van der Waals surface area contributed by atoms with Crippen molar-refractivity contribution in [1.29, 1.82) is 0 Å². The lowest BCUT2D eigenvalue weighted by Gasteiger charge is -2.35. The molecule has 0 bridgehead atoms. The van der Waals surface area contributed by atoms with Crippen molar-refractivity contribution < 1.29 is 14.6 Å². The molecule has 0 saturated carbocycles. The van der Waals surface area contributed by atoms with Gasteiger partial charge in [0.05, 0.1) is 12.8 Å². The number of ether oxygens (including phenoxy) is 1. The molecule has 2 N–H and O–H groups in total. The van der Waals surface area contributed by atoms with E-state index < -0.39 is 0 Å². The van der Waals surface area contributed by atoms with E-state index in [0.717, 1.165) is 25.9 Å². The van der Waals surface area contributed by atoms with E-state index in [1.54, 1.807) is 48.7 Å². The molecule has 4 aromatic rings. The van der Waals surface area contributed by atoms with Gasteiger partial charge in [-0.3, -0.25) is 19.4 Å². The summed E-state index contributed by atoms with van der Waals surface area (Å²) in [7, 11) is 3.73. The molecule has 1 aliphatic carbocycles. The van der Waals surface area contributed by atoms with Crippen LogP contribution in [0.4, 0.5) is 17.3 Å². The predicted octanol–water partition coefficient (Wildman–Crippen LogP) is 3.36. The number of carbonyl (C=O) groups excluding carboxylic acids is 1. The Kier molecular flexibility index (Phi) is 6.82. The van der Waals surface area contributed by atoms with Crippen LogP contribution in [0.5, 0.6) is 5.75 Å². The standard InChI is InChI=1S/C33H37N7O4/c1-33(2)13-20-12-27-32(43)40(10-9-39(27)28(20)14-33)30-25(19-41)24(7-8-34-30)21-11-26(31(42)38(4)16-21)36-29-6-5-22(15-35-29)44-23-17-37(3)18-23/h5-8,11-12,15-16,23,41H,9-10,13-14,17-19H2,1-4H3,(H,35,36). The molecule has 1 saturated heterocycles. The van der Waals surface area contributed by atoms with Gasteiger partial charge in [-0.25, -0.2) is 9.97 Å². The number of fused-ring (bicyclic) bond motifs is 3. The van der Waals surface area contributed by atoms with E-state index in [2.05, 4.69) is 38.6 Å². The van der Waals surface area contributed by atoms with Gasteiger partial charge in [0.2, 0.25) is 0 Å². The molecular weight excluding hydrogens is 558 g/mol. The lowest BCUT2D eigenvalue weighted by atomic mass is 9.90. The van der Waals surface area contributed by atoms with Crippen molar-refractivity contribution in [3.05, 3.63) is 81.8 Å². The van der Waals surface area contributed by atoms with Gasteiger partial charge < -0.3 is 24.3 Å². The summed E-state index contributed by atoms with van der Waals surface area (Å²) in [6.45, 7) is 7.10. The Hall–Kier alpha value is -4.48. The smallest absolute Gasteiger partial charge is 0.276 e. The maximum atomic E-state index is 13.8. The number of aryl methyl sites for hydroxylation is 1. The number of aliphatic hydroxyl groups is 1. The Balaban J connectivity index is 1.17. The van der Waals surface area contributed by atoms with E-state index in [0.29, 0.717) is 58.5 Å². The van der Waals surface area contributed by atoms with Crippen molar-refractivity contribution in [3.63, 3.8) is 0 Å². The molecule has 0 atom stereocenters. The minimum absolute atomic E-state index is 0.117. The number of nitrogens with one attached hydrogen (secondary N) is 1. The molecule has 0 aromatic carbocycles. The molecule has 0 spiro atoms. The van der Waals surface area contributed by atoms with Crippen molar-refractivity contribution in [3.8, 4) is 16.9 Å². The number of hydrogen-bond donors (Lipinski definition) is 2. The van der Waals surface area contributed by atoms with E-state index >= 15 is 0 Å². The number of likely N-dealkylation sites (tertiary alicyclic amines) is 1. The highest BCUT2D eigenvalue weighted by atomic mass is 16.5. The number of hydrogen-bond acceptors (Lipinski definition) is 8.